The maximum Gasteiger partial charge on any atom is 0.266 e. The number of carbonyl (C=O) groups is 2. The summed E-state index contributed by atoms with van der Waals surface area (Å²) in [7, 11) is 0. The first-order valence-corrected chi connectivity index (χ1v) is 11.9. The predicted molar refractivity (Wildman–Crippen MR) is 134 cm³/mol. The second kappa shape index (κ2) is 10.6. The molecule has 33 heavy (non-hydrogen) atoms. The summed E-state index contributed by atoms with van der Waals surface area (Å²) in [5, 5.41) is 8.17. The van der Waals surface area contributed by atoms with E-state index < -0.39 is 6.10 Å². The van der Waals surface area contributed by atoms with Crippen LogP contribution in [0.1, 0.15) is 63.3 Å². The van der Waals surface area contributed by atoms with Crippen molar-refractivity contribution in [1.82, 2.24) is 10.3 Å². The highest BCUT2D eigenvalue weighted by Gasteiger charge is 2.19. The lowest BCUT2D eigenvalue weighted by Gasteiger charge is -2.19. The number of amides is 2. The summed E-state index contributed by atoms with van der Waals surface area (Å²) in [4.78, 5) is 28.5. The molecule has 0 aliphatic heterocycles. The van der Waals surface area contributed by atoms with Gasteiger partial charge in [-0.1, -0.05) is 50.2 Å². The third-order valence-electron chi connectivity index (χ3n) is 5.32. The van der Waals surface area contributed by atoms with E-state index in [1.165, 1.54) is 18.3 Å². The van der Waals surface area contributed by atoms with Crippen LogP contribution in [0.15, 0.2) is 47.8 Å². The van der Waals surface area contributed by atoms with Crippen LogP contribution in [-0.2, 0) is 9.59 Å². The van der Waals surface area contributed by atoms with Crippen LogP contribution in [0.4, 0.5) is 5.13 Å². The molecule has 2 amide bonds. The molecule has 2 aromatic carbocycles. The normalized spacial score (nSPS) is 12.8. The number of nitrogens with zero attached hydrogens (tertiary/aromatic N) is 1. The van der Waals surface area contributed by atoms with Gasteiger partial charge in [0.25, 0.3) is 5.91 Å². The summed E-state index contributed by atoms with van der Waals surface area (Å²) in [6, 6.07) is 13.9. The maximum atomic E-state index is 12.7. The van der Waals surface area contributed by atoms with E-state index in [0.717, 1.165) is 33.7 Å². The van der Waals surface area contributed by atoms with Crippen molar-refractivity contribution in [3.8, 4) is 17.0 Å². The van der Waals surface area contributed by atoms with Crippen LogP contribution in [0, 0.1) is 6.92 Å². The minimum atomic E-state index is -0.661. The zero-order chi connectivity index (χ0) is 24.1. The van der Waals surface area contributed by atoms with Crippen molar-refractivity contribution in [3.05, 3.63) is 64.5 Å². The van der Waals surface area contributed by atoms with E-state index in [9.17, 15) is 9.59 Å². The first-order valence-electron chi connectivity index (χ1n) is 11.0. The second-order valence-electron chi connectivity index (χ2n) is 8.53. The van der Waals surface area contributed by atoms with Crippen LogP contribution in [0.5, 0.6) is 5.75 Å². The van der Waals surface area contributed by atoms with E-state index in [1.807, 2.05) is 49.6 Å². The molecule has 0 spiro atoms. The lowest BCUT2D eigenvalue weighted by molar-refractivity contribution is -0.122. The highest BCUT2D eigenvalue weighted by Crippen LogP contribution is 2.29. The number of benzene rings is 2. The van der Waals surface area contributed by atoms with Gasteiger partial charge in [0.05, 0.1) is 11.7 Å². The van der Waals surface area contributed by atoms with Gasteiger partial charge < -0.3 is 10.1 Å². The fourth-order valence-electron chi connectivity index (χ4n) is 3.47. The summed E-state index contributed by atoms with van der Waals surface area (Å²) in [6.45, 7) is 11.4. The molecule has 7 heteroatoms. The van der Waals surface area contributed by atoms with Crippen molar-refractivity contribution in [2.75, 3.05) is 5.32 Å². The molecule has 3 rings (SSSR count). The molecule has 1 heterocycles. The zero-order valence-electron chi connectivity index (χ0n) is 19.9. The Morgan fingerprint density at radius 1 is 1.03 bits per heavy atom. The number of rotatable bonds is 8. The van der Waals surface area contributed by atoms with Crippen LogP contribution in [-0.4, -0.2) is 22.9 Å². The van der Waals surface area contributed by atoms with E-state index in [4.69, 9.17) is 4.74 Å². The SMILES string of the molecule is CC(=O)N[C@@H](C)c1ccc(-c2csc(NC(=O)[C@H](C)Oc3cc(C)ccc3C(C)C)n2)cc1. The van der Waals surface area contributed by atoms with E-state index in [0.29, 0.717) is 11.0 Å². The van der Waals surface area contributed by atoms with Crippen molar-refractivity contribution >= 4 is 28.3 Å². The molecule has 174 valence electrons. The van der Waals surface area contributed by atoms with E-state index in [-0.39, 0.29) is 17.9 Å². The Balaban J connectivity index is 1.65. The molecule has 0 unspecified atom stereocenters. The number of nitrogens with one attached hydrogen (secondary N) is 2. The molecule has 0 aliphatic carbocycles. The van der Waals surface area contributed by atoms with E-state index in [1.54, 1.807) is 6.92 Å². The smallest absolute Gasteiger partial charge is 0.266 e. The summed E-state index contributed by atoms with van der Waals surface area (Å²) >= 11 is 1.37. The summed E-state index contributed by atoms with van der Waals surface area (Å²) in [6.07, 6.45) is -0.661. The number of anilines is 1. The number of carbonyl (C=O) groups excluding carboxylic acids is 2. The number of aryl methyl sites for hydroxylation is 1. The van der Waals surface area contributed by atoms with Gasteiger partial charge in [-0.05, 0) is 49.4 Å². The van der Waals surface area contributed by atoms with Crippen LogP contribution in [0.2, 0.25) is 0 Å². The van der Waals surface area contributed by atoms with Crippen LogP contribution in [0.3, 0.4) is 0 Å². The van der Waals surface area contributed by atoms with Crippen LogP contribution < -0.4 is 15.4 Å². The Bertz CT molecular complexity index is 1120. The fraction of sp³-hybridized carbons (Fsp3) is 0.346. The molecular weight excluding hydrogens is 434 g/mol. The highest BCUT2D eigenvalue weighted by atomic mass is 32.1. The monoisotopic (exact) mass is 465 g/mol. The van der Waals surface area contributed by atoms with E-state index >= 15 is 0 Å². The lowest BCUT2D eigenvalue weighted by Crippen LogP contribution is -2.30. The molecule has 2 atom stereocenters. The molecule has 0 radical (unpaired) electrons. The van der Waals surface area contributed by atoms with Gasteiger partial charge in [0.2, 0.25) is 5.91 Å². The summed E-state index contributed by atoms with van der Waals surface area (Å²) < 4.78 is 6.01. The molecule has 2 N–H and O–H groups in total. The Labute approximate surface area is 199 Å². The Kier molecular flexibility index (Phi) is 7.87. The van der Waals surface area contributed by atoms with Crippen molar-refractivity contribution in [2.45, 2.75) is 59.6 Å². The van der Waals surface area contributed by atoms with Crippen molar-refractivity contribution in [2.24, 2.45) is 0 Å². The van der Waals surface area contributed by atoms with Gasteiger partial charge in [0.15, 0.2) is 11.2 Å². The minimum absolute atomic E-state index is 0.0621. The topological polar surface area (TPSA) is 80.3 Å². The standard InChI is InChI=1S/C26H31N3O3S/c1-15(2)22-12-7-16(3)13-24(22)32-18(5)25(31)29-26-28-23(14-33-26)21-10-8-20(9-11-21)17(4)27-19(6)30/h7-15,17-18H,1-6H3,(H,27,30)(H,28,29,31)/t17-,18-/m0/s1. The quantitative estimate of drug-likeness (QED) is 0.438. The summed E-state index contributed by atoms with van der Waals surface area (Å²) in [5.74, 6) is 0.727. The van der Waals surface area contributed by atoms with Crippen molar-refractivity contribution in [3.63, 3.8) is 0 Å². The first kappa shape index (κ1) is 24.5. The molecule has 6 nitrogen and oxygen atoms in total. The van der Waals surface area contributed by atoms with Gasteiger partial charge >= 0.3 is 0 Å². The van der Waals surface area contributed by atoms with Crippen LogP contribution in [0.25, 0.3) is 11.3 Å². The number of hydrogen-bond acceptors (Lipinski definition) is 5. The van der Waals surface area contributed by atoms with E-state index in [2.05, 4.69) is 41.6 Å². The fourth-order valence-corrected chi connectivity index (χ4v) is 4.19. The van der Waals surface area contributed by atoms with Gasteiger partial charge in [-0.3, -0.25) is 14.9 Å². The lowest BCUT2D eigenvalue weighted by atomic mass is 10.0. The second-order valence-corrected chi connectivity index (χ2v) is 9.39. The molecule has 1 aromatic heterocycles. The van der Waals surface area contributed by atoms with Gasteiger partial charge in [-0.25, -0.2) is 4.98 Å². The third kappa shape index (κ3) is 6.42. The van der Waals surface area contributed by atoms with Crippen LogP contribution >= 0.6 is 11.3 Å². The third-order valence-corrected chi connectivity index (χ3v) is 6.08. The number of thiazole rings is 1. The van der Waals surface area contributed by atoms with Crippen molar-refractivity contribution < 1.29 is 14.3 Å². The molecule has 0 fully saturated rings. The molecular formula is C26H31N3O3S. The summed E-state index contributed by atoms with van der Waals surface area (Å²) in [5.41, 5.74) is 4.90. The largest absolute Gasteiger partial charge is 0.481 e. The molecule has 3 aromatic rings. The number of aromatic nitrogens is 1. The molecule has 0 aliphatic rings. The molecule has 0 saturated heterocycles. The average Bonchev–Trinajstić information content (AvgIpc) is 3.21. The van der Waals surface area contributed by atoms with Gasteiger partial charge in [-0.15, -0.1) is 11.3 Å². The Morgan fingerprint density at radius 2 is 1.73 bits per heavy atom. The highest BCUT2D eigenvalue weighted by molar-refractivity contribution is 7.14. The van der Waals surface area contributed by atoms with Gasteiger partial charge in [0, 0.05) is 17.9 Å². The van der Waals surface area contributed by atoms with Gasteiger partial charge in [-0.2, -0.15) is 0 Å². The number of ether oxygens (including phenoxy) is 1. The molecule has 0 saturated carbocycles. The van der Waals surface area contributed by atoms with Crippen molar-refractivity contribution in [1.29, 1.82) is 0 Å². The zero-order valence-corrected chi connectivity index (χ0v) is 20.7. The number of hydrogen-bond donors (Lipinski definition) is 2. The maximum absolute atomic E-state index is 12.7. The Hall–Kier alpha value is -3.19. The first-order chi connectivity index (χ1) is 15.6. The minimum Gasteiger partial charge on any atom is -0.481 e. The average molecular weight is 466 g/mol. The van der Waals surface area contributed by atoms with Gasteiger partial charge in [0.1, 0.15) is 5.75 Å². The molecule has 0 bridgehead atoms. The Morgan fingerprint density at radius 3 is 2.36 bits per heavy atom. The predicted octanol–water partition coefficient (Wildman–Crippen LogP) is 5.85.